The molecule has 1 saturated carbocycles. The van der Waals surface area contributed by atoms with E-state index >= 15 is 0 Å². The predicted octanol–water partition coefficient (Wildman–Crippen LogP) is 3.99. The minimum absolute atomic E-state index is 0.0106. The Bertz CT molecular complexity index is 1360. The zero-order chi connectivity index (χ0) is 22.8. The molecular formula is C24H22ClN5O3. The van der Waals surface area contributed by atoms with Gasteiger partial charge in [-0.3, -0.25) is 14.7 Å². The highest BCUT2D eigenvalue weighted by Crippen LogP contribution is 2.28. The molecule has 0 aliphatic heterocycles. The highest BCUT2D eigenvalue weighted by molar-refractivity contribution is 6.34. The number of hydrogen-bond donors (Lipinski definition) is 2. The van der Waals surface area contributed by atoms with E-state index in [0.29, 0.717) is 22.3 Å². The van der Waals surface area contributed by atoms with E-state index in [1.807, 2.05) is 30.3 Å². The Morgan fingerprint density at radius 2 is 1.91 bits per heavy atom. The predicted molar refractivity (Wildman–Crippen MR) is 125 cm³/mol. The first-order valence-electron chi connectivity index (χ1n) is 10.8. The molecule has 1 aliphatic carbocycles. The van der Waals surface area contributed by atoms with Gasteiger partial charge in [0.25, 0.3) is 17.2 Å². The number of amides is 1. The molecule has 2 N–H and O–H groups in total. The number of carbonyl (C=O) groups is 1. The van der Waals surface area contributed by atoms with E-state index in [2.05, 4.69) is 20.4 Å². The number of halogens is 1. The molecule has 0 bridgehead atoms. The zero-order valence-electron chi connectivity index (χ0n) is 17.8. The lowest BCUT2D eigenvalue weighted by Gasteiger charge is -2.16. The van der Waals surface area contributed by atoms with Gasteiger partial charge in [0, 0.05) is 17.7 Å². The van der Waals surface area contributed by atoms with Crippen molar-refractivity contribution in [2.45, 2.75) is 38.3 Å². The third kappa shape index (κ3) is 4.47. The molecule has 0 radical (unpaired) electrons. The van der Waals surface area contributed by atoms with Crippen molar-refractivity contribution in [3.8, 4) is 17.1 Å². The van der Waals surface area contributed by atoms with Gasteiger partial charge in [-0.1, -0.05) is 60.8 Å². The van der Waals surface area contributed by atoms with Crippen molar-refractivity contribution in [2.24, 2.45) is 0 Å². The third-order valence-electron chi connectivity index (χ3n) is 5.70. The zero-order valence-corrected chi connectivity index (χ0v) is 18.5. The minimum atomic E-state index is -0.307. The second kappa shape index (κ2) is 9.07. The van der Waals surface area contributed by atoms with Crippen LogP contribution in [0, 0.1) is 0 Å². The van der Waals surface area contributed by atoms with Crippen LogP contribution >= 0.6 is 11.6 Å². The van der Waals surface area contributed by atoms with Crippen LogP contribution in [-0.4, -0.2) is 31.5 Å². The second-order valence-electron chi connectivity index (χ2n) is 8.02. The quantitative estimate of drug-likeness (QED) is 0.450. The molecule has 5 rings (SSSR count). The monoisotopic (exact) mass is 463 g/mol. The summed E-state index contributed by atoms with van der Waals surface area (Å²) in [5, 5.41) is 6.32. The van der Waals surface area contributed by atoms with Gasteiger partial charge in [0.15, 0.2) is 5.82 Å². The lowest BCUT2D eigenvalue weighted by atomic mass is 10.1. The van der Waals surface area contributed by atoms with Gasteiger partial charge in [-0.25, -0.2) is 4.98 Å². The highest BCUT2D eigenvalue weighted by atomic mass is 35.5. The number of nitrogens with zero attached hydrogens (tertiary/aromatic N) is 3. The Hall–Kier alpha value is -3.65. The number of ether oxygens (including phenoxy) is 1. The molecule has 2 aromatic heterocycles. The van der Waals surface area contributed by atoms with Crippen molar-refractivity contribution in [3.63, 3.8) is 0 Å². The van der Waals surface area contributed by atoms with E-state index < -0.39 is 0 Å². The van der Waals surface area contributed by atoms with Crippen molar-refractivity contribution in [1.82, 2.24) is 24.9 Å². The van der Waals surface area contributed by atoms with Gasteiger partial charge in [-0.2, -0.15) is 9.50 Å². The first kappa shape index (κ1) is 21.2. The van der Waals surface area contributed by atoms with Crippen LogP contribution in [0.1, 0.15) is 41.7 Å². The summed E-state index contributed by atoms with van der Waals surface area (Å²) in [6, 6.07) is 16.1. The Morgan fingerprint density at radius 1 is 1.12 bits per heavy atom. The van der Waals surface area contributed by atoms with Crippen LogP contribution in [0.15, 0.2) is 59.4 Å². The van der Waals surface area contributed by atoms with Gasteiger partial charge >= 0.3 is 0 Å². The molecule has 4 aromatic rings. The molecule has 33 heavy (non-hydrogen) atoms. The smallest absolute Gasteiger partial charge is 0.274 e. The number of benzene rings is 2. The Kier molecular flexibility index (Phi) is 5.83. The number of nitrogens with one attached hydrogen (secondary N) is 2. The van der Waals surface area contributed by atoms with Crippen LogP contribution in [0.25, 0.3) is 17.2 Å². The standard InChI is InChI=1S/C24H22ClN5O3/c25-18-11-6-12-19(21(18)23(32)26-16-9-4-5-10-16)33-14-17-13-20(31)30-24(27-17)28-22(29-30)15-7-2-1-3-8-15/h1-3,6-8,11-13,16H,4-5,9-10,14H2,(H,26,32)(H,27,28,29). The van der Waals surface area contributed by atoms with E-state index in [1.165, 1.54) is 10.6 Å². The maximum absolute atomic E-state index is 12.9. The molecule has 0 atom stereocenters. The van der Waals surface area contributed by atoms with Gasteiger partial charge in [-0.05, 0) is 25.0 Å². The first-order chi connectivity index (χ1) is 16.1. The Balaban J connectivity index is 1.38. The van der Waals surface area contributed by atoms with Crippen LogP contribution in [0.3, 0.4) is 0 Å². The van der Waals surface area contributed by atoms with Crippen LogP contribution in [0.4, 0.5) is 0 Å². The summed E-state index contributed by atoms with van der Waals surface area (Å²) < 4.78 is 7.17. The van der Waals surface area contributed by atoms with Gasteiger partial charge in [0.2, 0.25) is 0 Å². The van der Waals surface area contributed by atoms with Crippen molar-refractivity contribution in [2.75, 3.05) is 0 Å². The van der Waals surface area contributed by atoms with Crippen molar-refractivity contribution in [1.29, 1.82) is 0 Å². The molecule has 0 saturated heterocycles. The fourth-order valence-electron chi connectivity index (χ4n) is 4.05. The fraction of sp³-hybridized carbons (Fsp3) is 0.250. The lowest BCUT2D eigenvalue weighted by Crippen LogP contribution is -2.33. The van der Waals surface area contributed by atoms with E-state index in [9.17, 15) is 9.59 Å². The Labute approximate surface area is 194 Å². The van der Waals surface area contributed by atoms with Crippen LogP contribution < -0.4 is 15.6 Å². The topological polar surface area (TPSA) is 101 Å². The van der Waals surface area contributed by atoms with Crippen LogP contribution in [0.5, 0.6) is 5.75 Å². The molecule has 2 heterocycles. The average molecular weight is 464 g/mol. The van der Waals surface area contributed by atoms with E-state index in [4.69, 9.17) is 16.3 Å². The summed E-state index contributed by atoms with van der Waals surface area (Å²) >= 11 is 6.33. The summed E-state index contributed by atoms with van der Waals surface area (Å²) in [5.41, 5.74) is 1.22. The van der Waals surface area contributed by atoms with E-state index in [1.54, 1.807) is 18.2 Å². The summed E-state index contributed by atoms with van der Waals surface area (Å²) in [6.07, 6.45) is 4.16. The summed E-state index contributed by atoms with van der Waals surface area (Å²) in [4.78, 5) is 34.3. The van der Waals surface area contributed by atoms with Crippen molar-refractivity contribution in [3.05, 3.63) is 81.2 Å². The number of carbonyl (C=O) groups excluding carboxylic acids is 1. The van der Waals surface area contributed by atoms with Gasteiger partial charge in [0.1, 0.15) is 12.4 Å². The Morgan fingerprint density at radius 3 is 2.70 bits per heavy atom. The molecule has 0 unspecified atom stereocenters. The SMILES string of the molecule is O=C(NC1CCCC1)c1c(Cl)cccc1OCc1cc(=O)n2[nH]c(-c3ccccc3)nc2n1. The second-order valence-corrected chi connectivity index (χ2v) is 8.42. The molecule has 168 valence electrons. The van der Waals surface area contributed by atoms with Crippen LogP contribution in [-0.2, 0) is 6.61 Å². The number of hydrogen-bond acceptors (Lipinski definition) is 5. The highest BCUT2D eigenvalue weighted by Gasteiger charge is 2.22. The number of aromatic amines is 1. The maximum atomic E-state index is 12.9. The van der Waals surface area contributed by atoms with Gasteiger partial charge in [0.05, 0.1) is 16.3 Å². The maximum Gasteiger partial charge on any atom is 0.274 e. The molecule has 1 amide bonds. The molecule has 9 heteroatoms. The largest absolute Gasteiger partial charge is 0.486 e. The lowest BCUT2D eigenvalue weighted by molar-refractivity contribution is 0.0933. The number of H-pyrrole nitrogens is 1. The molecule has 2 aromatic carbocycles. The van der Waals surface area contributed by atoms with Gasteiger partial charge in [-0.15, -0.1) is 0 Å². The van der Waals surface area contributed by atoms with Crippen molar-refractivity contribution < 1.29 is 9.53 Å². The summed E-state index contributed by atoms with van der Waals surface area (Å²) in [7, 11) is 0. The molecule has 1 fully saturated rings. The average Bonchev–Trinajstić information content (AvgIpc) is 3.48. The van der Waals surface area contributed by atoms with Gasteiger partial charge < -0.3 is 10.1 Å². The van der Waals surface area contributed by atoms with Crippen molar-refractivity contribution >= 4 is 23.3 Å². The third-order valence-corrected chi connectivity index (χ3v) is 6.01. The molecule has 1 aliphatic rings. The van der Waals surface area contributed by atoms with E-state index in [-0.39, 0.29) is 35.5 Å². The first-order valence-corrected chi connectivity index (χ1v) is 11.2. The molecule has 0 spiro atoms. The molecular weight excluding hydrogens is 442 g/mol. The normalized spacial score (nSPS) is 14.0. The molecule has 8 nitrogen and oxygen atoms in total. The van der Waals surface area contributed by atoms with E-state index in [0.717, 1.165) is 31.2 Å². The number of aromatic nitrogens is 4. The number of fused-ring (bicyclic) bond motifs is 1. The number of rotatable bonds is 6. The van der Waals surface area contributed by atoms with Crippen LogP contribution in [0.2, 0.25) is 5.02 Å². The summed E-state index contributed by atoms with van der Waals surface area (Å²) in [5.74, 6) is 0.863. The minimum Gasteiger partial charge on any atom is -0.486 e. The summed E-state index contributed by atoms with van der Waals surface area (Å²) in [6.45, 7) is -0.0106. The fourth-order valence-corrected chi connectivity index (χ4v) is 4.30.